The maximum absolute atomic E-state index is 11.6. The third-order valence-corrected chi connectivity index (χ3v) is 4.09. The molecule has 108 valence electrons. The number of amides is 1. The van der Waals surface area contributed by atoms with Gasteiger partial charge < -0.3 is 11.1 Å². The van der Waals surface area contributed by atoms with E-state index in [4.69, 9.17) is 5.73 Å². The van der Waals surface area contributed by atoms with Crippen LogP contribution in [0.2, 0.25) is 0 Å². The lowest BCUT2D eigenvalue weighted by molar-refractivity contribution is -0.118. The van der Waals surface area contributed by atoms with E-state index in [1.165, 1.54) is 5.56 Å². The molecule has 0 aromatic heterocycles. The number of hydrogen-bond donors (Lipinski definition) is 2. The molecule has 0 aliphatic heterocycles. The van der Waals surface area contributed by atoms with Gasteiger partial charge in [0.2, 0.25) is 5.91 Å². The van der Waals surface area contributed by atoms with Crippen LogP contribution in [0, 0.1) is 6.92 Å². The summed E-state index contributed by atoms with van der Waals surface area (Å²) in [7, 11) is 0. The molecule has 1 aromatic carbocycles. The zero-order chi connectivity index (χ0) is 13.5. The lowest BCUT2D eigenvalue weighted by atomic mass is 10.2. The highest BCUT2D eigenvalue weighted by molar-refractivity contribution is 9.10. The third kappa shape index (κ3) is 7.82. The highest BCUT2D eigenvalue weighted by Crippen LogP contribution is 2.24. The van der Waals surface area contributed by atoms with Crippen molar-refractivity contribution in [2.75, 3.05) is 12.3 Å². The average molecular weight is 368 g/mol. The second-order valence-electron chi connectivity index (χ2n) is 4.31. The standard InChI is InChI=1S/C13H19BrN2OS.ClH/c1-9-7-11(14)3-4-12(9)18-8-13(17)16-6-5-10(2)15;/h3-4,7,10H,5-6,8,15H2,1-2H3,(H,16,17);1H. The Balaban J connectivity index is 0.00000324. The number of carbonyl (C=O) groups excluding carboxylic acids is 1. The first-order valence-electron chi connectivity index (χ1n) is 5.90. The predicted molar refractivity (Wildman–Crippen MR) is 88.1 cm³/mol. The summed E-state index contributed by atoms with van der Waals surface area (Å²) in [5.74, 6) is 0.504. The van der Waals surface area contributed by atoms with Crippen molar-refractivity contribution < 1.29 is 4.79 Å². The Hall–Kier alpha value is -0.230. The molecule has 3 nitrogen and oxygen atoms in total. The number of aryl methyl sites for hydroxylation is 1. The summed E-state index contributed by atoms with van der Waals surface area (Å²) in [6.07, 6.45) is 0.813. The molecule has 0 aliphatic carbocycles. The monoisotopic (exact) mass is 366 g/mol. The molecule has 0 aliphatic rings. The van der Waals surface area contributed by atoms with Gasteiger partial charge in [0.1, 0.15) is 0 Å². The Kier molecular flexibility index (Phi) is 9.52. The minimum Gasteiger partial charge on any atom is -0.355 e. The molecular weight excluding hydrogens is 348 g/mol. The Labute approximate surface area is 133 Å². The van der Waals surface area contributed by atoms with Crippen LogP contribution in [0.25, 0.3) is 0 Å². The van der Waals surface area contributed by atoms with E-state index in [9.17, 15) is 4.79 Å². The summed E-state index contributed by atoms with van der Waals surface area (Å²) in [4.78, 5) is 12.7. The maximum Gasteiger partial charge on any atom is 0.230 e. The first-order valence-corrected chi connectivity index (χ1v) is 7.68. The van der Waals surface area contributed by atoms with Crippen molar-refractivity contribution in [2.45, 2.75) is 31.2 Å². The zero-order valence-corrected chi connectivity index (χ0v) is 14.3. The van der Waals surface area contributed by atoms with E-state index in [1.807, 2.05) is 26.0 Å². The van der Waals surface area contributed by atoms with E-state index in [2.05, 4.69) is 27.3 Å². The molecule has 0 heterocycles. The predicted octanol–water partition coefficient (Wildman–Crippen LogP) is 3.12. The number of carbonyl (C=O) groups is 1. The second-order valence-corrected chi connectivity index (χ2v) is 6.25. The van der Waals surface area contributed by atoms with Gasteiger partial charge in [0, 0.05) is 22.0 Å². The van der Waals surface area contributed by atoms with Gasteiger partial charge in [0.15, 0.2) is 0 Å². The summed E-state index contributed by atoms with van der Waals surface area (Å²) >= 11 is 4.98. The summed E-state index contributed by atoms with van der Waals surface area (Å²) in [5.41, 5.74) is 6.80. The Morgan fingerprint density at radius 1 is 1.53 bits per heavy atom. The van der Waals surface area contributed by atoms with Gasteiger partial charge in [-0.25, -0.2) is 0 Å². The van der Waals surface area contributed by atoms with Gasteiger partial charge in [-0.15, -0.1) is 24.2 Å². The fraction of sp³-hybridized carbons (Fsp3) is 0.462. The molecule has 0 bridgehead atoms. The normalized spacial score (nSPS) is 11.6. The van der Waals surface area contributed by atoms with Crippen molar-refractivity contribution in [3.63, 3.8) is 0 Å². The van der Waals surface area contributed by atoms with Crippen LogP contribution in [0.3, 0.4) is 0 Å². The van der Waals surface area contributed by atoms with Crippen molar-refractivity contribution in [1.29, 1.82) is 0 Å². The Morgan fingerprint density at radius 3 is 2.79 bits per heavy atom. The van der Waals surface area contributed by atoms with Crippen LogP contribution in [-0.2, 0) is 4.79 Å². The molecule has 0 radical (unpaired) electrons. The van der Waals surface area contributed by atoms with Gasteiger partial charge in [0.25, 0.3) is 0 Å². The van der Waals surface area contributed by atoms with Crippen molar-refractivity contribution in [3.8, 4) is 0 Å². The van der Waals surface area contributed by atoms with Crippen LogP contribution in [0.1, 0.15) is 18.9 Å². The minimum absolute atomic E-state index is 0. The summed E-state index contributed by atoms with van der Waals surface area (Å²) in [6, 6.07) is 6.20. The Bertz CT molecular complexity index is 416. The minimum atomic E-state index is 0. The molecular formula is C13H20BrClN2OS. The number of nitrogens with two attached hydrogens (primary N) is 1. The van der Waals surface area contributed by atoms with Crippen molar-refractivity contribution in [1.82, 2.24) is 5.32 Å². The van der Waals surface area contributed by atoms with Crippen LogP contribution < -0.4 is 11.1 Å². The molecule has 1 aromatic rings. The lowest BCUT2D eigenvalue weighted by Gasteiger charge is -2.08. The Morgan fingerprint density at radius 2 is 2.21 bits per heavy atom. The van der Waals surface area contributed by atoms with E-state index >= 15 is 0 Å². The first kappa shape index (κ1) is 18.8. The molecule has 1 rings (SSSR count). The van der Waals surface area contributed by atoms with Gasteiger partial charge in [-0.3, -0.25) is 4.79 Å². The first-order chi connectivity index (χ1) is 8.49. The van der Waals surface area contributed by atoms with E-state index < -0.39 is 0 Å². The second kappa shape index (κ2) is 9.64. The van der Waals surface area contributed by atoms with Gasteiger partial charge in [-0.05, 0) is 44.0 Å². The molecule has 3 N–H and O–H groups in total. The summed E-state index contributed by atoms with van der Waals surface area (Å²) in [6.45, 7) is 4.63. The number of benzene rings is 1. The number of thioether (sulfide) groups is 1. The average Bonchev–Trinajstić information content (AvgIpc) is 2.27. The van der Waals surface area contributed by atoms with Crippen LogP contribution in [0.15, 0.2) is 27.6 Å². The summed E-state index contributed by atoms with van der Waals surface area (Å²) < 4.78 is 1.06. The lowest BCUT2D eigenvalue weighted by Crippen LogP contribution is -2.30. The molecule has 1 amide bonds. The van der Waals surface area contributed by atoms with E-state index in [1.54, 1.807) is 11.8 Å². The fourth-order valence-electron chi connectivity index (χ4n) is 1.41. The van der Waals surface area contributed by atoms with Crippen LogP contribution in [-0.4, -0.2) is 24.2 Å². The van der Waals surface area contributed by atoms with E-state index in [0.29, 0.717) is 12.3 Å². The van der Waals surface area contributed by atoms with Gasteiger partial charge >= 0.3 is 0 Å². The largest absolute Gasteiger partial charge is 0.355 e. The smallest absolute Gasteiger partial charge is 0.230 e. The maximum atomic E-state index is 11.6. The molecule has 19 heavy (non-hydrogen) atoms. The number of halogens is 2. The van der Waals surface area contributed by atoms with Crippen molar-refractivity contribution >= 4 is 46.0 Å². The van der Waals surface area contributed by atoms with Gasteiger partial charge in [-0.1, -0.05) is 15.9 Å². The van der Waals surface area contributed by atoms with Crippen molar-refractivity contribution in [2.24, 2.45) is 5.73 Å². The van der Waals surface area contributed by atoms with Crippen LogP contribution >= 0.6 is 40.1 Å². The highest BCUT2D eigenvalue weighted by Gasteiger charge is 2.05. The highest BCUT2D eigenvalue weighted by atomic mass is 79.9. The molecule has 0 fully saturated rings. The molecule has 0 spiro atoms. The fourth-order valence-corrected chi connectivity index (χ4v) is 2.72. The SMILES string of the molecule is Cc1cc(Br)ccc1SCC(=O)NCCC(C)N.Cl. The van der Waals surface area contributed by atoms with Crippen molar-refractivity contribution in [3.05, 3.63) is 28.2 Å². The molecule has 6 heteroatoms. The van der Waals surface area contributed by atoms with Crippen LogP contribution in [0.5, 0.6) is 0 Å². The third-order valence-electron chi connectivity index (χ3n) is 2.42. The van der Waals surface area contributed by atoms with Gasteiger partial charge in [-0.2, -0.15) is 0 Å². The zero-order valence-electron chi connectivity index (χ0n) is 11.1. The quantitative estimate of drug-likeness (QED) is 0.760. The number of rotatable bonds is 6. The summed E-state index contributed by atoms with van der Waals surface area (Å²) in [5, 5.41) is 2.87. The number of nitrogens with one attached hydrogen (secondary N) is 1. The number of hydrogen-bond acceptors (Lipinski definition) is 3. The molecule has 1 unspecified atom stereocenters. The van der Waals surface area contributed by atoms with E-state index in [-0.39, 0.29) is 24.4 Å². The molecule has 0 saturated carbocycles. The van der Waals surface area contributed by atoms with Crippen LogP contribution in [0.4, 0.5) is 0 Å². The van der Waals surface area contributed by atoms with E-state index in [0.717, 1.165) is 15.8 Å². The molecule has 1 atom stereocenters. The van der Waals surface area contributed by atoms with Gasteiger partial charge in [0.05, 0.1) is 5.75 Å². The molecule has 0 saturated heterocycles. The topological polar surface area (TPSA) is 55.1 Å².